The average Bonchev–Trinajstić information content (AvgIpc) is 3.07. The van der Waals surface area contributed by atoms with Crippen molar-refractivity contribution in [2.75, 3.05) is 20.1 Å². The first-order valence-electron chi connectivity index (χ1n) is 7.62. The number of carbonyl (C=O) groups excluding carboxylic acids is 2. The lowest BCUT2D eigenvalue weighted by atomic mass is 9.84. The zero-order chi connectivity index (χ0) is 17.7. The van der Waals surface area contributed by atoms with Gasteiger partial charge in [0.05, 0.1) is 11.4 Å². The molecule has 0 saturated carbocycles. The molecule has 0 aliphatic rings. The Morgan fingerprint density at radius 3 is 2.54 bits per heavy atom. The predicted octanol–water partition coefficient (Wildman–Crippen LogP) is 3.05. The minimum absolute atomic E-state index is 0.0376. The van der Waals surface area contributed by atoms with Crippen molar-refractivity contribution >= 4 is 23.2 Å². The van der Waals surface area contributed by atoms with Crippen molar-refractivity contribution in [3.05, 3.63) is 58.0 Å². The van der Waals surface area contributed by atoms with Crippen LogP contribution in [0.5, 0.6) is 0 Å². The Labute approximate surface area is 145 Å². The first-order valence-corrected chi connectivity index (χ1v) is 8.50. The maximum atomic E-state index is 13.9. The summed E-state index contributed by atoms with van der Waals surface area (Å²) in [6, 6.07) is 10.1. The number of rotatable bonds is 6. The van der Waals surface area contributed by atoms with E-state index >= 15 is 0 Å². The molecule has 0 aliphatic carbocycles. The number of thiophene rings is 1. The number of benzene rings is 1. The molecule has 24 heavy (non-hydrogen) atoms. The van der Waals surface area contributed by atoms with E-state index in [1.54, 1.807) is 37.4 Å². The summed E-state index contributed by atoms with van der Waals surface area (Å²) in [5, 5.41) is 4.60. The quantitative estimate of drug-likeness (QED) is 0.872. The van der Waals surface area contributed by atoms with Crippen LogP contribution >= 0.6 is 11.3 Å². The minimum Gasteiger partial charge on any atom is -0.354 e. The molecular formula is C18H21FN2O2S. The topological polar surface area (TPSA) is 49.4 Å². The van der Waals surface area contributed by atoms with Gasteiger partial charge in [0.15, 0.2) is 0 Å². The summed E-state index contributed by atoms with van der Waals surface area (Å²) in [7, 11) is 1.59. The number of nitrogens with one attached hydrogen (secondary N) is 1. The Hall–Kier alpha value is -2.21. The molecule has 0 atom stereocenters. The molecule has 2 rings (SSSR count). The Balaban J connectivity index is 1.91. The number of hydrogen-bond acceptors (Lipinski definition) is 3. The fourth-order valence-electron chi connectivity index (χ4n) is 2.36. The van der Waals surface area contributed by atoms with E-state index in [4.69, 9.17) is 0 Å². The average molecular weight is 348 g/mol. The number of carbonyl (C=O) groups is 2. The Morgan fingerprint density at radius 2 is 1.92 bits per heavy atom. The number of likely N-dealkylation sites (N-methyl/N-ethyl adjacent to an activating group) is 1. The van der Waals surface area contributed by atoms with Crippen LogP contribution in [0, 0.1) is 5.82 Å². The third kappa shape index (κ3) is 4.41. The van der Waals surface area contributed by atoms with Crippen molar-refractivity contribution in [1.29, 1.82) is 0 Å². The van der Waals surface area contributed by atoms with Gasteiger partial charge < -0.3 is 10.2 Å². The second kappa shape index (κ2) is 7.57. The summed E-state index contributed by atoms with van der Waals surface area (Å²) in [4.78, 5) is 26.2. The van der Waals surface area contributed by atoms with Crippen molar-refractivity contribution in [3.8, 4) is 0 Å². The lowest BCUT2D eigenvalue weighted by molar-refractivity contribution is -0.121. The maximum Gasteiger partial charge on any atom is 0.264 e. The van der Waals surface area contributed by atoms with Gasteiger partial charge in [0.2, 0.25) is 5.91 Å². The fourth-order valence-corrected chi connectivity index (χ4v) is 3.07. The van der Waals surface area contributed by atoms with Gasteiger partial charge in [-0.05, 0) is 23.1 Å². The van der Waals surface area contributed by atoms with Crippen molar-refractivity contribution < 1.29 is 14.0 Å². The summed E-state index contributed by atoms with van der Waals surface area (Å²) >= 11 is 1.34. The fraction of sp³-hybridized carbons (Fsp3) is 0.333. The lowest BCUT2D eigenvalue weighted by Crippen LogP contribution is -2.43. The second-order valence-corrected chi connectivity index (χ2v) is 7.23. The summed E-state index contributed by atoms with van der Waals surface area (Å²) in [5.74, 6) is -0.748. The molecule has 1 heterocycles. The molecule has 2 amide bonds. The Bertz CT molecular complexity index is 714. The number of hydrogen-bond donors (Lipinski definition) is 1. The monoisotopic (exact) mass is 348 g/mol. The van der Waals surface area contributed by atoms with Crippen LogP contribution in [0.25, 0.3) is 0 Å². The summed E-state index contributed by atoms with van der Waals surface area (Å²) < 4.78 is 13.9. The van der Waals surface area contributed by atoms with Crippen LogP contribution in [0.15, 0.2) is 41.8 Å². The first kappa shape index (κ1) is 18.1. The van der Waals surface area contributed by atoms with Gasteiger partial charge in [0.25, 0.3) is 5.91 Å². The molecule has 0 spiro atoms. The summed E-state index contributed by atoms with van der Waals surface area (Å²) in [6.45, 7) is 3.98. The molecule has 1 N–H and O–H groups in total. The van der Waals surface area contributed by atoms with Crippen LogP contribution in [-0.2, 0) is 10.2 Å². The van der Waals surface area contributed by atoms with Crippen LogP contribution in [0.1, 0.15) is 29.1 Å². The molecule has 4 nitrogen and oxygen atoms in total. The SMILES string of the molecule is CN(CC(=O)NCC(C)(C)c1ccccc1F)C(=O)c1cccs1. The van der Waals surface area contributed by atoms with Gasteiger partial charge in [-0.25, -0.2) is 4.39 Å². The number of nitrogens with zero attached hydrogens (tertiary/aromatic N) is 1. The van der Waals surface area contributed by atoms with Crippen LogP contribution in [0.2, 0.25) is 0 Å². The zero-order valence-electron chi connectivity index (χ0n) is 14.0. The molecule has 1 aromatic carbocycles. The molecule has 128 valence electrons. The van der Waals surface area contributed by atoms with Crippen LogP contribution in [0.3, 0.4) is 0 Å². The largest absolute Gasteiger partial charge is 0.354 e. The second-order valence-electron chi connectivity index (χ2n) is 6.28. The molecule has 2 aromatic rings. The highest BCUT2D eigenvalue weighted by atomic mass is 32.1. The maximum absolute atomic E-state index is 13.9. The zero-order valence-corrected chi connectivity index (χ0v) is 14.8. The third-order valence-corrected chi connectivity index (χ3v) is 4.65. The molecule has 0 saturated heterocycles. The standard InChI is InChI=1S/C18H21FN2O2S/c1-18(2,13-7-4-5-8-14(13)19)12-20-16(22)11-21(3)17(23)15-9-6-10-24-15/h4-10H,11-12H2,1-3H3,(H,20,22). The third-order valence-electron chi connectivity index (χ3n) is 3.79. The number of halogens is 1. The van der Waals surface area contributed by atoms with Gasteiger partial charge in [-0.15, -0.1) is 11.3 Å². The molecule has 6 heteroatoms. The van der Waals surface area contributed by atoms with E-state index in [9.17, 15) is 14.0 Å². The summed E-state index contributed by atoms with van der Waals surface area (Å²) in [6.07, 6.45) is 0. The highest BCUT2D eigenvalue weighted by Gasteiger charge is 2.25. The normalized spacial score (nSPS) is 11.2. The van der Waals surface area contributed by atoms with Gasteiger partial charge in [-0.1, -0.05) is 38.1 Å². The van der Waals surface area contributed by atoms with Crippen molar-refractivity contribution in [2.24, 2.45) is 0 Å². The van der Waals surface area contributed by atoms with Gasteiger partial charge in [0.1, 0.15) is 5.82 Å². The highest BCUT2D eigenvalue weighted by molar-refractivity contribution is 7.12. The summed E-state index contributed by atoms with van der Waals surface area (Å²) in [5.41, 5.74) is 0.00506. The first-order chi connectivity index (χ1) is 11.3. The van der Waals surface area contributed by atoms with Gasteiger partial charge in [-0.3, -0.25) is 9.59 Å². The molecule has 0 fully saturated rings. The molecule has 0 radical (unpaired) electrons. The van der Waals surface area contributed by atoms with Crippen LogP contribution < -0.4 is 5.32 Å². The highest BCUT2D eigenvalue weighted by Crippen LogP contribution is 2.24. The van der Waals surface area contributed by atoms with E-state index < -0.39 is 5.41 Å². The molecule has 0 aliphatic heterocycles. The van der Waals surface area contributed by atoms with Gasteiger partial charge in [0, 0.05) is 19.0 Å². The smallest absolute Gasteiger partial charge is 0.264 e. The van der Waals surface area contributed by atoms with Crippen LogP contribution in [0.4, 0.5) is 4.39 Å². The minimum atomic E-state index is -0.544. The van der Waals surface area contributed by atoms with E-state index in [2.05, 4.69) is 5.32 Å². The Kier molecular flexibility index (Phi) is 5.72. The molecule has 0 bridgehead atoms. The van der Waals surface area contributed by atoms with E-state index in [1.807, 2.05) is 19.2 Å². The van der Waals surface area contributed by atoms with Crippen molar-refractivity contribution in [3.63, 3.8) is 0 Å². The van der Waals surface area contributed by atoms with Crippen molar-refractivity contribution in [2.45, 2.75) is 19.3 Å². The van der Waals surface area contributed by atoms with Gasteiger partial charge >= 0.3 is 0 Å². The molecular weight excluding hydrogens is 327 g/mol. The Morgan fingerprint density at radius 1 is 1.21 bits per heavy atom. The van der Waals surface area contributed by atoms with E-state index in [0.717, 1.165) is 0 Å². The van der Waals surface area contributed by atoms with Gasteiger partial charge in [-0.2, -0.15) is 0 Å². The molecule has 0 unspecified atom stereocenters. The van der Waals surface area contributed by atoms with Crippen LogP contribution in [-0.4, -0.2) is 36.9 Å². The number of amides is 2. The van der Waals surface area contributed by atoms with Crippen molar-refractivity contribution in [1.82, 2.24) is 10.2 Å². The molecule has 1 aromatic heterocycles. The lowest BCUT2D eigenvalue weighted by Gasteiger charge is -2.26. The predicted molar refractivity (Wildman–Crippen MR) is 93.7 cm³/mol. The van der Waals surface area contributed by atoms with E-state index in [1.165, 1.54) is 22.3 Å². The van der Waals surface area contributed by atoms with E-state index in [0.29, 0.717) is 10.4 Å². The van der Waals surface area contributed by atoms with E-state index in [-0.39, 0.29) is 30.7 Å².